The molecule has 1 N–H and O–H groups in total. The summed E-state index contributed by atoms with van der Waals surface area (Å²) in [6.07, 6.45) is 1.27. The summed E-state index contributed by atoms with van der Waals surface area (Å²) in [5, 5.41) is 15.3. The van der Waals surface area contributed by atoms with Crippen LogP contribution in [0.2, 0.25) is 5.02 Å². The van der Waals surface area contributed by atoms with Crippen LogP contribution in [0.1, 0.15) is 0 Å². The molecule has 3 aromatic rings. The van der Waals surface area contributed by atoms with E-state index in [-0.39, 0.29) is 23.1 Å². The molecule has 12 heteroatoms. The molecule has 1 saturated heterocycles. The fourth-order valence-corrected chi connectivity index (χ4v) is 4.01. The number of methoxy groups -OCH3 is 2. The van der Waals surface area contributed by atoms with Gasteiger partial charge < -0.3 is 24.6 Å². The third kappa shape index (κ3) is 4.74. The smallest absolute Gasteiger partial charge is 0.353 e. The molecule has 0 atom stereocenters. The summed E-state index contributed by atoms with van der Waals surface area (Å²) in [5.41, 5.74) is 1.03. The van der Waals surface area contributed by atoms with Gasteiger partial charge in [0.25, 0.3) is 0 Å². The Balaban J connectivity index is 1.60. The van der Waals surface area contributed by atoms with E-state index in [2.05, 4.69) is 20.2 Å². The number of nitrogens with zero attached hydrogens (tertiary/aromatic N) is 5. The van der Waals surface area contributed by atoms with Gasteiger partial charge in [-0.2, -0.15) is 0 Å². The molecule has 0 bridgehead atoms. The molecule has 0 aliphatic carbocycles. The number of nitro groups is 1. The summed E-state index contributed by atoms with van der Waals surface area (Å²) in [5.74, 6) is 0.703. The van der Waals surface area contributed by atoms with Gasteiger partial charge in [0.05, 0.1) is 29.9 Å². The first-order chi connectivity index (χ1) is 16.4. The van der Waals surface area contributed by atoms with Crippen molar-refractivity contribution in [2.75, 3.05) is 55.5 Å². The third-order valence-corrected chi connectivity index (χ3v) is 5.78. The number of benzene rings is 2. The number of hydrogen-bond acceptors (Lipinski definition) is 9. The van der Waals surface area contributed by atoms with E-state index in [1.165, 1.54) is 32.7 Å². The van der Waals surface area contributed by atoms with Gasteiger partial charge in [-0.15, -0.1) is 0 Å². The molecule has 1 fully saturated rings. The molecule has 10 nitrogen and oxygen atoms in total. The van der Waals surface area contributed by atoms with Crippen molar-refractivity contribution in [3.05, 3.63) is 63.7 Å². The molecule has 178 valence electrons. The molecular formula is C22H22ClFN6O4. The first-order valence-electron chi connectivity index (χ1n) is 10.3. The van der Waals surface area contributed by atoms with Crippen LogP contribution in [0, 0.1) is 15.9 Å². The molecule has 0 amide bonds. The topological polar surface area (TPSA) is 106 Å². The average Bonchev–Trinajstić information content (AvgIpc) is 2.84. The second-order valence-corrected chi connectivity index (χ2v) is 7.82. The van der Waals surface area contributed by atoms with Gasteiger partial charge in [0.1, 0.15) is 23.6 Å². The molecule has 2 aromatic carbocycles. The number of hydrogen-bond donors (Lipinski definition) is 1. The number of rotatable bonds is 7. The van der Waals surface area contributed by atoms with Crippen LogP contribution in [0.3, 0.4) is 0 Å². The van der Waals surface area contributed by atoms with Gasteiger partial charge in [-0.1, -0.05) is 11.6 Å². The van der Waals surface area contributed by atoms with Gasteiger partial charge in [-0.25, -0.2) is 14.4 Å². The predicted octanol–water partition coefficient (Wildman–Crippen LogP) is 4.26. The molecule has 0 unspecified atom stereocenters. The average molecular weight is 489 g/mol. The van der Waals surface area contributed by atoms with Crippen molar-refractivity contribution in [3.8, 4) is 11.5 Å². The van der Waals surface area contributed by atoms with Crippen LogP contribution in [0.25, 0.3) is 0 Å². The molecule has 34 heavy (non-hydrogen) atoms. The Morgan fingerprint density at radius 1 is 1.03 bits per heavy atom. The van der Waals surface area contributed by atoms with Gasteiger partial charge in [-0.3, -0.25) is 10.1 Å². The van der Waals surface area contributed by atoms with E-state index in [4.69, 9.17) is 21.1 Å². The van der Waals surface area contributed by atoms with Crippen LogP contribution in [0.15, 0.2) is 42.7 Å². The molecule has 0 spiro atoms. The standard InChI is InChI=1S/C22H22ClFN6O4/c1-33-18-12-19(34-2)17(11-16(18)23)27-21-20(30(31)32)22(26-13-25-21)29-9-7-28(8-10-29)15-5-3-14(24)4-6-15/h3-6,11-13H,7-10H2,1-2H3,(H,25,26,27). The van der Waals surface area contributed by atoms with Crippen molar-refractivity contribution in [1.29, 1.82) is 0 Å². The number of nitrogens with one attached hydrogen (secondary N) is 1. The quantitative estimate of drug-likeness (QED) is 0.385. The lowest BCUT2D eigenvalue weighted by atomic mass is 10.2. The minimum atomic E-state index is -0.512. The zero-order valence-corrected chi connectivity index (χ0v) is 19.3. The maximum atomic E-state index is 13.2. The van der Waals surface area contributed by atoms with Gasteiger partial charge in [0.15, 0.2) is 0 Å². The van der Waals surface area contributed by atoms with E-state index in [9.17, 15) is 14.5 Å². The molecule has 1 aliphatic rings. The van der Waals surface area contributed by atoms with Crippen LogP contribution in [0.4, 0.5) is 33.1 Å². The highest BCUT2D eigenvalue weighted by Crippen LogP contribution is 2.40. The summed E-state index contributed by atoms with van der Waals surface area (Å²) in [6.45, 7) is 2.17. The second-order valence-electron chi connectivity index (χ2n) is 7.41. The van der Waals surface area contributed by atoms with E-state index in [1.54, 1.807) is 24.3 Å². The Morgan fingerprint density at radius 3 is 2.29 bits per heavy atom. The second kappa shape index (κ2) is 9.96. The van der Waals surface area contributed by atoms with E-state index >= 15 is 0 Å². The molecular weight excluding hydrogens is 467 g/mol. The van der Waals surface area contributed by atoms with Crippen molar-refractivity contribution >= 4 is 40.3 Å². The fourth-order valence-electron chi connectivity index (χ4n) is 3.77. The summed E-state index contributed by atoms with van der Waals surface area (Å²) in [4.78, 5) is 23.8. The first kappa shape index (κ1) is 23.3. The molecule has 0 radical (unpaired) electrons. The van der Waals surface area contributed by atoms with Gasteiger partial charge >= 0.3 is 5.69 Å². The number of halogens is 2. The molecule has 0 saturated carbocycles. The molecule has 2 heterocycles. The lowest BCUT2D eigenvalue weighted by molar-refractivity contribution is -0.383. The zero-order chi connectivity index (χ0) is 24.2. The molecule has 1 aromatic heterocycles. The van der Waals surface area contributed by atoms with E-state index in [1.807, 2.05) is 4.90 Å². The molecule has 1 aliphatic heterocycles. The lowest BCUT2D eigenvalue weighted by Gasteiger charge is -2.36. The minimum absolute atomic E-state index is 0.00972. The highest BCUT2D eigenvalue weighted by molar-refractivity contribution is 6.32. The van der Waals surface area contributed by atoms with Crippen molar-refractivity contribution in [1.82, 2.24) is 9.97 Å². The fraction of sp³-hybridized carbons (Fsp3) is 0.273. The Morgan fingerprint density at radius 2 is 1.68 bits per heavy atom. The van der Waals surface area contributed by atoms with Crippen LogP contribution in [-0.4, -0.2) is 55.3 Å². The van der Waals surface area contributed by atoms with Gasteiger partial charge in [0.2, 0.25) is 11.6 Å². The number of piperazine rings is 1. The molecule has 4 rings (SSSR count). The summed E-state index contributed by atoms with van der Waals surface area (Å²) in [6, 6.07) is 9.38. The maximum absolute atomic E-state index is 13.2. The highest BCUT2D eigenvalue weighted by Gasteiger charge is 2.30. The van der Waals surface area contributed by atoms with Crippen LogP contribution < -0.4 is 24.6 Å². The van der Waals surface area contributed by atoms with E-state index in [0.29, 0.717) is 48.4 Å². The Hall–Kier alpha value is -3.86. The summed E-state index contributed by atoms with van der Waals surface area (Å²) >= 11 is 6.23. The van der Waals surface area contributed by atoms with Crippen molar-refractivity contribution in [3.63, 3.8) is 0 Å². The minimum Gasteiger partial charge on any atom is -0.495 e. The monoisotopic (exact) mass is 488 g/mol. The summed E-state index contributed by atoms with van der Waals surface area (Å²) < 4.78 is 23.8. The predicted molar refractivity (Wildman–Crippen MR) is 127 cm³/mol. The lowest BCUT2D eigenvalue weighted by Crippen LogP contribution is -2.47. The van der Waals surface area contributed by atoms with Crippen molar-refractivity contribution in [2.24, 2.45) is 0 Å². The largest absolute Gasteiger partial charge is 0.495 e. The van der Waals surface area contributed by atoms with Gasteiger partial charge in [-0.05, 0) is 30.3 Å². The Labute approximate surface area is 200 Å². The van der Waals surface area contributed by atoms with Crippen LogP contribution in [0.5, 0.6) is 11.5 Å². The number of aromatic nitrogens is 2. The van der Waals surface area contributed by atoms with Gasteiger partial charge in [0, 0.05) is 37.9 Å². The Kier molecular flexibility index (Phi) is 6.82. The van der Waals surface area contributed by atoms with Crippen LogP contribution >= 0.6 is 11.6 Å². The normalized spacial score (nSPS) is 13.5. The Bertz CT molecular complexity index is 1190. The van der Waals surface area contributed by atoms with E-state index in [0.717, 1.165) is 5.69 Å². The highest BCUT2D eigenvalue weighted by atomic mass is 35.5. The van der Waals surface area contributed by atoms with Crippen molar-refractivity contribution < 1.29 is 18.8 Å². The van der Waals surface area contributed by atoms with Crippen molar-refractivity contribution in [2.45, 2.75) is 0 Å². The first-order valence-corrected chi connectivity index (χ1v) is 10.7. The number of ether oxygens (including phenoxy) is 2. The SMILES string of the molecule is COc1cc(OC)c(Nc2ncnc(N3CCN(c4ccc(F)cc4)CC3)c2[N+](=O)[O-])cc1Cl. The third-order valence-electron chi connectivity index (χ3n) is 5.48. The zero-order valence-electron chi connectivity index (χ0n) is 18.5. The maximum Gasteiger partial charge on any atom is 0.353 e. The van der Waals surface area contributed by atoms with E-state index < -0.39 is 4.92 Å². The van der Waals surface area contributed by atoms with Crippen LogP contribution in [-0.2, 0) is 0 Å². The summed E-state index contributed by atoms with van der Waals surface area (Å²) in [7, 11) is 2.94. The number of anilines is 4.